The van der Waals surface area contributed by atoms with Gasteiger partial charge in [0.2, 0.25) is 0 Å². The highest BCUT2D eigenvalue weighted by molar-refractivity contribution is 5.03. The standard InChI is InChI=1S/C10H14/c1-3-5-7-9-10-8-6-4-2/h3-5,8-10H,7H2,1-2H3. The Balaban J connectivity index is 3.47. The topological polar surface area (TPSA) is 0 Å². The molecule has 0 saturated carbocycles. The first-order chi connectivity index (χ1) is 4.91. The van der Waals surface area contributed by atoms with Crippen LogP contribution in [0.5, 0.6) is 0 Å². The molecule has 0 fully saturated rings. The molecule has 0 nitrogen and oxygen atoms in total. The smallest absolute Gasteiger partial charge is 0.0166 e. The Labute approximate surface area is 63.3 Å². The lowest BCUT2D eigenvalue weighted by Crippen LogP contribution is -1.54. The molecule has 0 saturated heterocycles. The van der Waals surface area contributed by atoms with E-state index in [-0.39, 0.29) is 0 Å². The van der Waals surface area contributed by atoms with Gasteiger partial charge in [-0.05, 0) is 32.4 Å². The van der Waals surface area contributed by atoms with Crippen molar-refractivity contribution in [3.05, 3.63) is 42.2 Å². The first-order valence-electron chi connectivity index (χ1n) is 3.55. The summed E-state index contributed by atoms with van der Waals surface area (Å²) in [6.07, 6.45) is 13.1. The summed E-state index contributed by atoms with van der Waals surface area (Å²) >= 11 is 0. The van der Waals surface area contributed by atoms with Gasteiger partial charge >= 0.3 is 0 Å². The van der Waals surface area contributed by atoms with Crippen LogP contribution in [-0.2, 0) is 0 Å². The van der Waals surface area contributed by atoms with Crippen LogP contribution in [-0.4, -0.2) is 0 Å². The number of hydrogen-bond donors (Lipinski definition) is 0. The molecule has 0 aromatic heterocycles. The number of hydrogen-bond acceptors (Lipinski definition) is 0. The van der Waals surface area contributed by atoms with Gasteiger partial charge in [0.25, 0.3) is 0 Å². The van der Waals surface area contributed by atoms with Crippen LogP contribution >= 0.6 is 0 Å². The molecule has 0 heterocycles. The maximum atomic E-state index is 2.96. The summed E-state index contributed by atoms with van der Waals surface area (Å²) < 4.78 is 0. The van der Waals surface area contributed by atoms with Crippen LogP contribution < -0.4 is 0 Å². The maximum absolute atomic E-state index is 2.96. The van der Waals surface area contributed by atoms with E-state index in [0.717, 1.165) is 6.42 Å². The SMILES string of the molecule is CC=C=CC=CCC=CC. The van der Waals surface area contributed by atoms with Crippen molar-refractivity contribution in [1.82, 2.24) is 0 Å². The minimum Gasteiger partial charge on any atom is -0.126 e. The van der Waals surface area contributed by atoms with Crippen LogP contribution in [0.1, 0.15) is 20.3 Å². The quantitative estimate of drug-likeness (QED) is 0.316. The fourth-order valence-corrected chi connectivity index (χ4v) is 0.513. The highest BCUT2D eigenvalue weighted by Crippen LogP contribution is 1.85. The average Bonchev–Trinajstić information content (AvgIpc) is 1.97. The summed E-state index contributed by atoms with van der Waals surface area (Å²) in [7, 11) is 0. The Morgan fingerprint density at radius 3 is 2.60 bits per heavy atom. The van der Waals surface area contributed by atoms with Gasteiger partial charge < -0.3 is 0 Å². The fourth-order valence-electron chi connectivity index (χ4n) is 0.513. The van der Waals surface area contributed by atoms with E-state index in [4.69, 9.17) is 0 Å². The largest absolute Gasteiger partial charge is 0.126 e. The first-order valence-corrected chi connectivity index (χ1v) is 3.55. The molecule has 0 amide bonds. The zero-order chi connectivity index (χ0) is 7.66. The van der Waals surface area contributed by atoms with E-state index in [9.17, 15) is 0 Å². The molecule has 0 atom stereocenters. The summed E-state index contributed by atoms with van der Waals surface area (Å²) in [5.41, 5.74) is 2.96. The van der Waals surface area contributed by atoms with E-state index in [1.807, 2.05) is 38.2 Å². The van der Waals surface area contributed by atoms with Gasteiger partial charge in [0.15, 0.2) is 0 Å². The third-order valence-corrected chi connectivity index (χ3v) is 1.00. The van der Waals surface area contributed by atoms with Crippen molar-refractivity contribution < 1.29 is 0 Å². The van der Waals surface area contributed by atoms with Crippen LogP contribution in [0.4, 0.5) is 0 Å². The van der Waals surface area contributed by atoms with Crippen molar-refractivity contribution in [1.29, 1.82) is 0 Å². The van der Waals surface area contributed by atoms with Crippen molar-refractivity contribution in [2.75, 3.05) is 0 Å². The zero-order valence-electron chi connectivity index (χ0n) is 6.67. The van der Waals surface area contributed by atoms with Crippen molar-refractivity contribution in [3.63, 3.8) is 0 Å². The summed E-state index contributed by atoms with van der Waals surface area (Å²) in [5, 5.41) is 0. The van der Waals surface area contributed by atoms with E-state index >= 15 is 0 Å². The van der Waals surface area contributed by atoms with E-state index in [1.165, 1.54) is 0 Å². The minimum atomic E-state index is 1.01. The monoisotopic (exact) mass is 134 g/mol. The number of allylic oxidation sites excluding steroid dienone is 5. The molecular formula is C10H14. The van der Waals surface area contributed by atoms with Crippen molar-refractivity contribution in [2.45, 2.75) is 20.3 Å². The lowest BCUT2D eigenvalue weighted by atomic mass is 10.3. The predicted octanol–water partition coefficient (Wildman–Crippen LogP) is 3.24. The minimum absolute atomic E-state index is 1.01. The van der Waals surface area contributed by atoms with E-state index < -0.39 is 0 Å². The second kappa shape index (κ2) is 8.00. The molecule has 0 aliphatic carbocycles. The average molecular weight is 134 g/mol. The van der Waals surface area contributed by atoms with E-state index in [0.29, 0.717) is 0 Å². The maximum Gasteiger partial charge on any atom is -0.0166 e. The lowest BCUT2D eigenvalue weighted by Gasteiger charge is -1.75. The third-order valence-electron chi connectivity index (χ3n) is 1.00. The molecule has 0 aliphatic rings. The molecule has 0 aromatic rings. The molecule has 0 unspecified atom stereocenters. The Bertz CT molecular complexity index is 164. The lowest BCUT2D eigenvalue weighted by molar-refractivity contribution is 1.38. The van der Waals surface area contributed by atoms with Gasteiger partial charge in [-0.3, -0.25) is 0 Å². The zero-order valence-corrected chi connectivity index (χ0v) is 6.67. The summed E-state index contributed by atoms with van der Waals surface area (Å²) in [6.45, 7) is 3.98. The summed E-state index contributed by atoms with van der Waals surface area (Å²) in [6, 6.07) is 0. The van der Waals surface area contributed by atoms with Gasteiger partial charge in [0.1, 0.15) is 0 Å². The second-order valence-corrected chi connectivity index (χ2v) is 1.85. The van der Waals surface area contributed by atoms with Gasteiger partial charge in [0, 0.05) is 0 Å². The normalized spacial score (nSPS) is 10.2. The van der Waals surface area contributed by atoms with E-state index in [1.54, 1.807) is 0 Å². The van der Waals surface area contributed by atoms with Crippen molar-refractivity contribution in [3.8, 4) is 0 Å². The molecule has 10 heavy (non-hydrogen) atoms. The molecule has 0 rings (SSSR count). The van der Waals surface area contributed by atoms with Gasteiger partial charge in [0.05, 0.1) is 0 Å². The van der Waals surface area contributed by atoms with Gasteiger partial charge in [-0.15, -0.1) is 5.73 Å². The molecule has 0 bridgehead atoms. The van der Waals surface area contributed by atoms with Crippen LogP contribution in [0.15, 0.2) is 42.2 Å². The summed E-state index contributed by atoms with van der Waals surface area (Å²) in [5.74, 6) is 0. The highest BCUT2D eigenvalue weighted by atomic mass is 13.7. The molecule has 0 aromatic carbocycles. The highest BCUT2D eigenvalue weighted by Gasteiger charge is 1.64. The Kier molecular flexibility index (Phi) is 7.20. The van der Waals surface area contributed by atoms with E-state index in [2.05, 4.69) is 17.9 Å². The number of rotatable bonds is 3. The van der Waals surface area contributed by atoms with Gasteiger partial charge in [-0.25, -0.2) is 0 Å². The summed E-state index contributed by atoms with van der Waals surface area (Å²) in [4.78, 5) is 0. The van der Waals surface area contributed by atoms with Crippen molar-refractivity contribution in [2.24, 2.45) is 0 Å². The molecule has 0 spiro atoms. The molecule has 0 radical (unpaired) electrons. The Morgan fingerprint density at radius 2 is 2.00 bits per heavy atom. The molecule has 0 aliphatic heterocycles. The van der Waals surface area contributed by atoms with Crippen LogP contribution in [0.3, 0.4) is 0 Å². The fraction of sp³-hybridized carbons (Fsp3) is 0.300. The Hall–Kier alpha value is -1.00. The molecule has 0 N–H and O–H groups in total. The van der Waals surface area contributed by atoms with Crippen LogP contribution in [0.25, 0.3) is 0 Å². The van der Waals surface area contributed by atoms with Gasteiger partial charge in [-0.1, -0.05) is 24.3 Å². The van der Waals surface area contributed by atoms with Crippen molar-refractivity contribution >= 4 is 0 Å². The molecule has 0 heteroatoms. The predicted molar refractivity (Wildman–Crippen MR) is 46.9 cm³/mol. The molecular weight excluding hydrogens is 120 g/mol. The van der Waals surface area contributed by atoms with Gasteiger partial charge in [-0.2, -0.15) is 0 Å². The molecule has 54 valence electrons. The second-order valence-electron chi connectivity index (χ2n) is 1.85. The van der Waals surface area contributed by atoms with Crippen LogP contribution in [0.2, 0.25) is 0 Å². The first kappa shape index (κ1) is 9.00. The van der Waals surface area contributed by atoms with Crippen LogP contribution in [0, 0.1) is 0 Å². The third kappa shape index (κ3) is 7.00. The Morgan fingerprint density at radius 1 is 1.20 bits per heavy atom.